The number of urea groups is 1. The number of aryl methyl sites for hydroxylation is 2. The van der Waals surface area contributed by atoms with Crippen LogP contribution in [0.25, 0.3) is 0 Å². The second-order valence-electron chi connectivity index (χ2n) is 5.97. The molecule has 6 heteroatoms. The molecule has 2 aromatic rings. The van der Waals surface area contributed by atoms with Gasteiger partial charge < -0.3 is 10.2 Å². The van der Waals surface area contributed by atoms with Crippen molar-refractivity contribution in [1.82, 2.24) is 14.7 Å². The first-order valence-electron chi connectivity index (χ1n) is 7.90. The van der Waals surface area contributed by atoms with E-state index in [1.54, 1.807) is 10.7 Å². The van der Waals surface area contributed by atoms with Crippen LogP contribution in [0, 0.1) is 0 Å². The fourth-order valence-corrected chi connectivity index (χ4v) is 2.86. The van der Waals surface area contributed by atoms with Crippen LogP contribution in [0.4, 0.5) is 10.5 Å². The van der Waals surface area contributed by atoms with Gasteiger partial charge in [0.2, 0.25) is 0 Å². The summed E-state index contributed by atoms with van der Waals surface area (Å²) in [5.41, 5.74) is 2.92. The lowest BCUT2D eigenvalue weighted by Crippen LogP contribution is -2.36. The van der Waals surface area contributed by atoms with Crippen LogP contribution >= 0.6 is 11.6 Å². The number of anilines is 1. The van der Waals surface area contributed by atoms with E-state index in [4.69, 9.17) is 11.6 Å². The van der Waals surface area contributed by atoms with Crippen molar-refractivity contribution >= 4 is 23.3 Å². The van der Waals surface area contributed by atoms with Gasteiger partial charge in [-0.1, -0.05) is 18.5 Å². The van der Waals surface area contributed by atoms with Gasteiger partial charge in [0.15, 0.2) is 0 Å². The summed E-state index contributed by atoms with van der Waals surface area (Å²) in [5, 5.41) is 7.90. The smallest absolute Gasteiger partial charge is 0.317 e. The van der Waals surface area contributed by atoms with E-state index in [0.717, 1.165) is 36.1 Å². The van der Waals surface area contributed by atoms with Crippen LogP contribution in [0.15, 0.2) is 30.6 Å². The summed E-state index contributed by atoms with van der Waals surface area (Å²) in [6.45, 7) is 2.63. The highest BCUT2D eigenvalue weighted by molar-refractivity contribution is 6.30. The van der Waals surface area contributed by atoms with Crippen LogP contribution in [0.3, 0.4) is 0 Å². The number of benzene rings is 1. The van der Waals surface area contributed by atoms with Crippen molar-refractivity contribution in [2.75, 3.05) is 5.32 Å². The average Bonchev–Trinajstić information content (AvgIpc) is 3.29. The first-order chi connectivity index (χ1) is 11.1. The third kappa shape index (κ3) is 3.85. The minimum Gasteiger partial charge on any atom is -0.317 e. The lowest BCUT2D eigenvalue weighted by Gasteiger charge is -2.23. The number of amides is 2. The largest absolute Gasteiger partial charge is 0.322 e. The van der Waals surface area contributed by atoms with Crippen LogP contribution in [0.2, 0.25) is 5.02 Å². The molecule has 1 fully saturated rings. The molecule has 0 spiro atoms. The number of rotatable bonds is 5. The minimum absolute atomic E-state index is 0.0617. The number of nitrogens with zero attached hydrogens (tertiary/aromatic N) is 3. The molecule has 1 heterocycles. The summed E-state index contributed by atoms with van der Waals surface area (Å²) < 4.78 is 1.76. The zero-order valence-electron chi connectivity index (χ0n) is 13.4. The van der Waals surface area contributed by atoms with Crippen molar-refractivity contribution in [2.45, 2.75) is 38.8 Å². The number of carbonyl (C=O) groups is 1. The molecule has 1 saturated carbocycles. The Hall–Kier alpha value is -2.01. The molecule has 122 valence electrons. The van der Waals surface area contributed by atoms with Gasteiger partial charge in [0.05, 0.1) is 12.7 Å². The molecule has 0 bridgehead atoms. The zero-order chi connectivity index (χ0) is 16.4. The van der Waals surface area contributed by atoms with Gasteiger partial charge >= 0.3 is 6.03 Å². The fraction of sp³-hybridized carbons (Fsp3) is 0.412. The normalized spacial score (nSPS) is 13.9. The van der Waals surface area contributed by atoms with E-state index in [1.807, 2.05) is 36.5 Å². The fourth-order valence-electron chi connectivity index (χ4n) is 2.67. The molecule has 0 unspecified atom stereocenters. The maximum Gasteiger partial charge on any atom is 0.322 e. The molecule has 0 saturated heterocycles. The molecular formula is C17H21ClN4O. The first kappa shape index (κ1) is 15.9. The van der Waals surface area contributed by atoms with Crippen molar-refractivity contribution in [3.63, 3.8) is 0 Å². The van der Waals surface area contributed by atoms with Crippen molar-refractivity contribution in [3.05, 3.63) is 46.7 Å². The van der Waals surface area contributed by atoms with E-state index in [1.165, 1.54) is 0 Å². The third-order valence-corrected chi connectivity index (χ3v) is 4.28. The van der Waals surface area contributed by atoms with Gasteiger partial charge in [-0.05, 0) is 43.0 Å². The zero-order valence-corrected chi connectivity index (χ0v) is 14.2. The maximum atomic E-state index is 12.7. The number of nitrogens with one attached hydrogen (secondary N) is 1. The van der Waals surface area contributed by atoms with E-state index in [-0.39, 0.29) is 6.03 Å². The van der Waals surface area contributed by atoms with Gasteiger partial charge in [-0.2, -0.15) is 5.10 Å². The van der Waals surface area contributed by atoms with Gasteiger partial charge in [0.1, 0.15) is 0 Å². The molecule has 0 aliphatic heterocycles. The highest BCUT2D eigenvalue weighted by Crippen LogP contribution is 2.29. The summed E-state index contributed by atoms with van der Waals surface area (Å²) in [6, 6.07) is 5.84. The average molecular weight is 333 g/mol. The lowest BCUT2D eigenvalue weighted by atomic mass is 10.1. The number of hydrogen-bond acceptors (Lipinski definition) is 2. The lowest BCUT2D eigenvalue weighted by molar-refractivity contribution is 0.206. The summed E-state index contributed by atoms with van der Waals surface area (Å²) in [6.07, 6.45) is 6.71. The monoisotopic (exact) mass is 332 g/mol. The standard InChI is InChI=1S/C17H21ClN4O/c1-3-13-8-14(18)4-7-16(13)20-17(23)22(15-5-6-15)11-12-9-19-21(2)10-12/h4,7-10,15H,3,5-6,11H2,1-2H3,(H,20,23). The molecule has 1 aliphatic rings. The van der Waals surface area contributed by atoms with Gasteiger partial charge in [-0.25, -0.2) is 4.79 Å². The Balaban J connectivity index is 1.74. The van der Waals surface area contributed by atoms with Crippen molar-refractivity contribution in [2.24, 2.45) is 7.05 Å². The Morgan fingerprint density at radius 3 is 2.87 bits per heavy atom. The summed E-state index contributed by atoms with van der Waals surface area (Å²) in [7, 11) is 1.88. The molecule has 1 aliphatic carbocycles. The van der Waals surface area contributed by atoms with E-state index in [0.29, 0.717) is 17.6 Å². The quantitative estimate of drug-likeness (QED) is 0.904. The van der Waals surface area contributed by atoms with Crippen LogP contribution in [0.1, 0.15) is 30.9 Å². The molecule has 0 radical (unpaired) electrons. The molecule has 2 amide bonds. The highest BCUT2D eigenvalue weighted by Gasteiger charge is 2.33. The van der Waals surface area contributed by atoms with E-state index in [9.17, 15) is 4.79 Å². The Morgan fingerprint density at radius 1 is 1.48 bits per heavy atom. The van der Waals surface area contributed by atoms with E-state index in [2.05, 4.69) is 17.3 Å². The van der Waals surface area contributed by atoms with Crippen LogP contribution < -0.4 is 5.32 Å². The van der Waals surface area contributed by atoms with Crippen molar-refractivity contribution in [1.29, 1.82) is 0 Å². The van der Waals surface area contributed by atoms with Gasteiger partial charge in [0.25, 0.3) is 0 Å². The molecule has 1 N–H and O–H groups in total. The predicted octanol–water partition coefficient (Wildman–Crippen LogP) is 3.83. The summed E-state index contributed by atoms with van der Waals surface area (Å²) >= 11 is 6.03. The number of carbonyl (C=O) groups excluding carboxylic acids is 1. The number of aromatic nitrogens is 2. The minimum atomic E-state index is -0.0617. The highest BCUT2D eigenvalue weighted by atomic mass is 35.5. The first-order valence-corrected chi connectivity index (χ1v) is 8.28. The molecule has 3 rings (SSSR count). The second kappa shape index (κ2) is 6.62. The molecule has 0 atom stereocenters. The van der Waals surface area contributed by atoms with E-state index < -0.39 is 0 Å². The van der Waals surface area contributed by atoms with Crippen molar-refractivity contribution < 1.29 is 4.79 Å². The molecular weight excluding hydrogens is 312 g/mol. The summed E-state index contributed by atoms with van der Waals surface area (Å²) in [4.78, 5) is 14.6. The molecule has 5 nitrogen and oxygen atoms in total. The number of hydrogen-bond donors (Lipinski definition) is 1. The van der Waals surface area contributed by atoms with Gasteiger partial charge in [0, 0.05) is 35.6 Å². The molecule has 1 aromatic carbocycles. The van der Waals surface area contributed by atoms with Crippen molar-refractivity contribution in [3.8, 4) is 0 Å². The van der Waals surface area contributed by atoms with Crippen LogP contribution in [0.5, 0.6) is 0 Å². The number of halogens is 1. The molecule has 1 aromatic heterocycles. The van der Waals surface area contributed by atoms with Gasteiger partial charge in [-0.3, -0.25) is 4.68 Å². The Labute approximate surface area is 141 Å². The predicted molar refractivity (Wildman–Crippen MR) is 91.6 cm³/mol. The third-order valence-electron chi connectivity index (χ3n) is 4.05. The van der Waals surface area contributed by atoms with Crippen LogP contribution in [-0.2, 0) is 20.0 Å². The SMILES string of the molecule is CCc1cc(Cl)ccc1NC(=O)N(Cc1cnn(C)c1)C1CC1. The summed E-state index contributed by atoms with van der Waals surface area (Å²) in [5.74, 6) is 0. The second-order valence-corrected chi connectivity index (χ2v) is 6.40. The maximum absolute atomic E-state index is 12.7. The molecule has 23 heavy (non-hydrogen) atoms. The van der Waals surface area contributed by atoms with Crippen LogP contribution in [-0.4, -0.2) is 26.8 Å². The Bertz CT molecular complexity index is 708. The Kier molecular flexibility index (Phi) is 4.57. The topological polar surface area (TPSA) is 50.2 Å². The van der Waals surface area contributed by atoms with E-state index >= 15 is 0 Å². The van der Waals surface area contributed by atoms with Gasteiger partial charge in [-0.15, -0.1) is 0 Å². The Morgan fingerprint density at radius 2 is 2.26 bits per heavy atom.